The second-order valence-corrected chi connectivity index (χ2v) is 5.59. The Morgan fingerprint density at radius 3 is 2.62 bits per heavy atom. The lowest BCUT2D eigenvalue weighted by molar-refractivity contribution is -0.0676. The molecule has 1 aromatic rings. The number of benzene rings is 1. The van der Waals surface area contributed by atoms with Gasteiger partial charge in [-0.15, -0.1) is 0 Å². The van der Waals surface area contributed by atoms with E-state index in [0.29, 0.717) is 18.8 Å². The van der Waals surface area contributed by atoms with Gasteiger partial charge in [-0.3, -0.25) is 0 Å². The van der Waals surface area contributed by atoms with Crippen LogP contribution in [0.3, 0.4) is 0 Å². The highest BCUT2D eigenvalue weighted by molar-refractivity contribution is 9.10. The first-order valence-corrected chi connectivity index (χ1v) is 6.05. The summed E-state index contributed by atoms with van der Waals surface area (Å²) in [6, 6.07) is 2.55. The zero-order chi connectivity index (χ0) is 11.9. The van der Waals surface area contributed by atoms with Crippen LogP contribution in [0.1, 0.15) is 25.3 Å². The highest BCUT2D eigenvalue weighted by atomic mass is 79.9. The molecule has 0 spiro atoms. The second-order valence-electron chi connectivity index (χ2n) is 4.74. The van der Waals surface area contributed by atoms with Crippen LogP contribution in [0, 0.1) is 17.6 Å². The summed E-state index contributed by atoms with van der Waals surface area (Å²) in [7, 11) is 0. The van der Waals surface area contributed by atoms with Crippen molar-refractivity contribution in [2.24, 2.45) is 5.92 Å². The number of aliphatic hydroxyl groups is 1. The van der Waals surface area contributed by atoms with Gasteiger partial charge in [0.2, 0.25) is 0 Å². The third-order valence-corrected chi connectivity index (χ3v) is 3.71. The van der Waals surface area contributed by atoms with Gasteiger partial charge in [0.1, 0.15) is 11.6 Å². The molecule has 0 aliphatic heterocycles. The van der Waals surface area contributed by atoms with Crippen LogP contribution in [0.25, 0.3) is 0 Å². The van der Waals surface area contributed by atoms with Gasteiger partial charge in [0.15, 0.2) is 0 Å². The van der Waals surface area contributed by atoms with Crippen LogP contribution in [0.4, 0.5) is 8.78 Å². The molecule has 88 valence electrons. The molecule has 0 saturated heterocycles. The van der Waals surface area contributed by atoms with E-state index >= 15 is 0 Å². The molecule has 1 aromatic carbocycles. The molecule has 2 rings (SSSR count). The minimum absolute atomic E-state index is 0.0243. The van der Waals surface area contributed by atoms with E-state index in [1.807, 2.05) is 6.92 Å². The summed E-state index contributed by atoms with van der Waals surface area (Å²) in [6.45, 7) is 2.02. The van der Waals surface area contributed by atoms with Gasteiger partial charge < -0.3 is 5.11 Å². The van der Waals surface area contributed by atoms with Gasteiger partial charge in [-0.25, -0.2) is 8.78 Å². The molecular weight excluding hydrogens is 278 g/mol. The number of hydrogen-bond acceptors (Lipinski definition) is 1. The standard InChI is InChI=1S/C12H13BrF2O/c1-7-4-12(16,5-7)6-8-10(14)3-2-9(13)11(8)15/h2-3,7,16H,4-6H2,1H3. The van der Waals surface area contributed by atoms with Crippen molar-refractivity contribution in [1.29, 1.82) is 0 Å². The Balaban J connectivity index is 2.25. The average Bonchev–Trinajstić information content (AvgIpc) is 2.17. The van der Waals surface area contributed by atoms with Crippen LogP contribution >= 0.6 is 15.9 Å². The Morgan fingerprint density at radius 1 is 1.44 bits per heavy atom. The summed E-state index contributed by atoms with van der Waals surface area (Å²) in [5.41, 5.74) is -0.953. The predicted molar refractivity (Wildman–Crippen MR) is 61.1 cm³/mol. The third-order valence-electron chi connectivity index (χ3n) is 3.10. The Labute approximate surface area is 102 Å². The molecule has 1 fully saturated rings. The van der Waals surface area contributed by atoms with Crippen molar-refractivity contribution >= 4 is 15.9 Å². The topological polar surface area (TPSA) is 20.2 Å². The lowest BCUT2D eigenvalue weighted by atomic mass is 9.69. The summed E-state index contributed by atoms with van der Waals surface area (Å²) in [5.74, 6) is -0.759. The van der Waals surface area contributed by atoms with Crippen LogP contribution < -0.4 is 0 Å². The molecule has 0 bridgehead atoms. The molecule has 16 heavy (non-hydrogen) atoms. The van der Waals surface area contributed by atoms with Gasteiger partial charge in [0.25, 0.3) is 0 Å². The maximum absolute atomic E-state index is 13.7. The largest absolute Gasteiger partial charge is 0.390 e. The first kappa shape index (κ1) is 12.0. The molecule has 0 radical (unpaired) electrons. The van der Waals surface area contributed by atoms with Crippen molar-refractivity contribution in [3.8, 4) is 0 Å². The van der Waals surface area contributed by atoms with E-state index in [9.17, 15) is 13.9 Å². The van der Waals surface area contributed by atoms with E-state index in [0.717, 1.165) is 0 Å². The Hall–Kier alpha value is -0.480. The molecule has 1 aliphatic carbocycles. The Kier molecular flexibility index (Phi) is 3.05. The van der Waals surface area contributed by atoms with E-state index in [4.69, 9.17) is 0 Å². The maximum Gasteiger partial charge on any atom is 0.143 e. The summed E-state index contributed by atoms with van der Waals surface area (Å²) in [5, 5.41) is 10.0. The monoisotopic (exact) mass is 290 g/mol. The van der Waals surface area contributed by atoms with Gasteiger partial charge in [-0.2, -0.15) is 0 Å². The predicted octanol–water partition coefficient (Wildman–Crippen LogP) is 3.43. The molecule has 0 unspecified atom stereocenters. The van der Waals surface area contributed by atoms with Gasteiger partial charge in [-0.1, -0.05) is 6.92 Å². The van der Waals surface area contributed by atoms with Crippen molar-refractivity contribution in [2.45, 2.75) is 31.8 Å². The number of rotatable bonds is 2. The van der Waals surface area contributed by atoms with Crippen LogP contribution in [0.2, 0.25) is 0 Å². The van der Waals surface area contributed by atoms with Crippen molar-refractivity contribution in [2.75, 3.05) is 0 Å². The quantitative estimate of drug-likeness (QED) is 0.828. The average molecular weight is 291 g/mol. The zero-order valence-electron chi connectivity index (χ0n) is 8.93. The molecule has 0 aromatic heterocycles. The molecule has 0 amide bonds. The van der Waals surface area contributed by atoms with Crippen LogP contribution in [-0.2, 0) is 6.42 Å². The second kappa shape index (κ2) is 4.08. The van der Waals surface area contributed by atoms with Crippen molar-refractivity contribution in [3.05, 3.63) is 33.8 Å². The van der Waals surface area contributed by atoms with Gasteiger partial charge >= 0.3 is 0 Å². The van der Waals surface area contributed by atoms with Crippen molar-refractivity contribution in [3.63, 3.8) is 0 Å². The van der Waals surface area contributed by atoms with Crippen LogP contribution in [-0.4, -0.2) is 10.7 Å². The van der Waals surface area contributed by atoms with E-state index < -0.39 is 17.2 Å². The number of hydrogen-bond donors (Lipinski definition) is 1. The first-order chi connectivity index (χ1) is 7.41. The van der Waals surface area contributed by atoms with Crippen molar-refractivity contribution in [1.82, 2.24) is 0 Å². The normalized spacial score (nSPS) is 28.9. The first-order valence-electron chi connectivity index (χ1n) is 5.26. The van der Waals surface area contributed by atoms with E-state index in [1.54, 1.807) is 0 Å². The highest BCUT2D eigenvalue weighted by Crippen LogP contribution is 2.40. The molecule has 0 heterocycles. The van der Waals surface area contributed by atoms with Gasteiger partial charge in [0, 0.05) is 12.0 Å². The number of halogens is 3. The van der Waals surface area contributed by atoms with E-state index in [-0.39, 0.29) is 16.5 Å². The molecule has 4 heteroatoms. The summed E-state index contributed by atoms with van der Waals surface area (Å²) in [4.78, 5) is 0. The summed E-state index contributed by atoms with van der Waals surface area (Å²) in [6.07, 6.45) is 1.27. The molecule has 1 aliphatic rings. The fraction of sp³-hybridized carbons (Fsp3) is 0.500. The van der Waals surface area contributed by atoms with Gasteiger partial charge in [-0.05, 0) is 46.8 Å². The van der Waals surface area contributed by atoms with Crippen LogP contribution in [0.15, 0.2) is 16.6 Å². The summed E-state index contributed by atoms with van der Waals surface area (Å²) < 4.78 is 27.3. The fourth-order valence-electron chi connectivity index (χ4n) is 2.44. The smallest absolute Gasteiger partial charge is 0.143 e. The third kappa shape index (κ3) is 2.13. The Morgan fingerprint density at radius 2 is 2.06 bits per heavy atom. The van der Waals surface area contributed by atoms with Crippen LogP contribution in [0.5, 0.6) is 0 Å². The van der Waals surface area contributed by atoms with E-state index in [2.05, 4.69) is 15.9 Å². The lowest BCUT2D eigenvalue weighted by Crippen LogP contribution is -2.44. The highest BCUT2D eigenvalue weighted by Gasteiger charge is 2.41. The minimum Gasteiger partial charge on any atom is -0.390 e. The van der Waals surface area contributed by atoms with E-state index in [1.165, 1.54) is 12.1 Å². The SMILES string of the molecule is CC1CC(O)(Cc2c(F)ccc(Br)c2F)C1. The van der Waals surface area contributed by atoms with Gasteiger partial charge in [0.05, 0.1) is 10.1 Å². The molecule has 0 atom stereocenters. The molecule has 1 saturated carbocycles. The molecule has 1 N–H and O–H groups in total. The molecular formula is C12H13BrF2O. The van der Waals surface area contributed by atoms with Crippen molar-refractivity contribution < 1.29 is 13.9 Å². The molecule has 1 nitrogen and oxygen atoms in total. The zero-order valence-corrected chi connectivity index (χ0v) is 10.5. The Bertz CT molecular complexity index is 414. The maximum atomic E-state index is 13.7. The summed E-state index contributed by atoms with van der Waals surface area (Å²) >= 11 is 3.02. The lowest BCUT2D eigenvalue weighted by Gasteiger charge is -2.42. The minimum atomic E-state index is -0.929. The fourth-order valence-corrected chi connectivity index (χ4v) is 2.81.